The minimum absolute atomic E-state index is 0.118. The van der Waals surface area contributed by atoms with Gasteiger partial charge in [-0.1, -0.05) is 44.6 Å². The summed E-state index contributed by atoms with van der Waals surface area (Å²) >= 11 is 0. The van der Waals surface area contributed by atoms with Gasteiger partial charge < -0.3 is 9.84 Å². The van der Waals surface area contributed by atoms with Crippen molar-refractivity contribution in [2.45, 2.75) is 77.2 Å². The van der Waals surface area contributed by atoms with Crippen molar-refractivity contribution in [3.05, 3.63) is 11.6 Å². The minimum atomic E-state index is -0.913. The van der Waals surface area contributed by atoms with Crippen molar-refractivity contribution >= 4 is 11.9 Å². The van der Waals surface area contributed by atoms with E-state index in [4.69, 9.17) is 9.84 Å². The SMILES string of the molecule is CC12CCCCCCCCC/C=C\1C(CC(=O)O)OC2=O. The van der Waals surface area contributed by atoms with Gasteiger partial charge in [0.15, 0.2) is 0 Å². The Labute approximate surface area is 126 Å². The molecule has 2 atom stereocenters. The third-order valence-electron chi connectivity index (χ3n) is 4.79. The molecule has 0 amide bonds. The van der Waals surface area contributed by atoms with E-state index >= 15 is 0 Å². The lowest BCUT2D eigenvalue weighted by atomic mass is 9.76. The summed E-state index contributed by atoms with van der Waals surface area (Å²) in [7, 11) is 0. The summed E-state index contributed by atoms with van der Waals surface area (Å²) in [4.78, 5) is 23.3. The second-order valence-corrected chi connectivity index (χ2v) is 6.50. The van der Waals surface area contributed by atoms with E-state index in [1.807, 2.05) is 6.92 Å². The highest BCUT2D eigenvalue weighted by Gasteiger charge is 2.49. The molecule has 4 nitrogen and oxygen atoms in total. The van der Waals surface area contributed by atoms with E-state index in [2.05, 4.69) is 6.08 Å². The lowest BCUT2D eigenvalue weighted by Crippen LogP contribution is -2.25. The van der Waals surface area contributed by atoms with E-state index in [-0.39, 0.29) is 12.4 Å². The number of hydrogen-bond donors (Lipinski definition) is 1. The molecule has 1 aliphatic carbocycles. The first-order valence-electron chi connectivity index (χ1n) is 8.17. The molecule has 2 aliphatic rings. The summed E-state index contributed by atoms with van der Waals surface area (Å²) in [5, 5.41) is 9.02. The Morgan fingerprint density at radius 2 is 1.86 bits per heavy atom. The van der Waals surface area contributed by atoms with Crippen LogP contribution >= 0.6 is 0 Å². The second-order valence-electron chi connectivity index (χ2n) is 6.50. The van der Waals surface area contributed by atoms with Crippen molar-refractivity contribution in [2.24, 2.45) is 5.41 Å². The molecule has 0 radical (unpaired) electrons. The van der Waals surface area contributed by atoms with Crippen LogP contribution in [0, 0.1) is 5.41 Å². The van der Waals surface area contributed by atoms with Gasteiger partial charge in [-0.15, -0.1) is 0 Å². The number of carbonyl (C=O) groups excluding carboxylic acids is 1. The summed E-state index contributed by atoms with van der Waals surface area (Å²) in [5.74, 6) is -1.15. The number of carbonyl (C=O) groups is 2. The van der Waals surface area contributed by atoms with Gasteiger partial charge in [0.2, 0.25) is 0 Å². The quantitative estimate of drug-likeness (QED) is 0.620. The fourth-order valence-electron chi connectivity index (χ4n) is 3.47. The first-order chi connectivity index (χ1) is 10.0. The average molecular weight is 294 g/mol. The van der Waals surface area contributed by atoms with Gasteiger partial charge in [0.1, 0.15) is 6.10 Å². The number of fused-ring (bicyclic) bond motifs is 1. The molecule has 0 saturated carbocycles. The Morgan fingerprint density at radius 1 is 1.24 bits per heavy atom. The molecular formula is C17H26O4. The lowest BCUT2D eigenvalue weighted by Gasteiger charge is -2.23. The van der Waals surface area contributed by atoms with Crippen LogP contribution in [0.25, 0.3) is 0 Å². The molecule has 21 heavy (non-hydrogen) atoms. The highest BCUT2D eigenvalue weighted by atomic mass is 16.6. The highest BCUT2D eigenvalue weighted by Crippen LogP contribution is 2.44. The van der Waals surface area contributed by atoms with Gasteiger partial charge in [0.05, 0.1) is 11.8 Å². The van der Waals surface area contributed by atoms with Gasteiger partial charge in [-0.3, -0.25) is 9.59 Å². The van der Waals surface area contributed by atoms with Gasteiger partial charge in [-0.25, -0.2) is 0 Å². The van der Waals surface area contributed by atoms with Crippen LogP contribution in [-0.4, -0.2) is 23.1 Å². The van der Waals surface area contributed by atoms with Gasteiger partial charge in [0, 0.05) is 0 Å². The summed E-state index contributed by atoms with van der Waals surface area (Å²) in [5.41, 5.74) is 0.301. The molecule has 1 saturated heterocycles. The van der Waals surface area contributed by atoms with E-state index in [9.17, 15) is 9.59 Å². The van der Waals surface area contributed by atoms with Crippen LogP contribution in [0.15, 0.2) is 11.6 Å². The molecule has 0 aromatic heterocycles. The van der Waals surface area contributed by atoms with E-state index in [1.54, 1.807) is 0 Å². The first-order valence-corrected chi connectivity index (χ1v) is 8.17. The number of allylic oxidation sites excluding steroid dienone is 1. The van der Waals surface area contributed by atoms with Gasteiger partial charge in [-0.05, 0) is 31.8 Å². The fourth-order valence-corrected chi connectivity index (χ4v) is 3.47. The predicted molar refractivity (Wildman–Crippen MR) is 79.9 cm³/mol. The minimum Gasteiger partial charge on any atom is -0.481 e. The zero-order valence-electron chi connectivity index (χ0n) is 12.9. The largest absolute Gasteiger partial charge is 0.481 e. The topological polar surface area (TPSA) is 63.6 Å². The maximum atomic E-state index is 12.3. The van der Waals surface area contributed by atoms with Gasteiger partial charge >= 0.3 is 11.9 Å². The number of esters is 1. The Hall–Kier alpha value is -1.32. The molecule has 2 unspecified atom stereocenters. The number of carboxylic acids is 1. The number of hydrogen-bond acceptors (Lipinski definition) is 3. The molecule has 1 fully saturated rings. The molecule has 0 spiro atoms. The van der Waals surface area contributed by atoms with Crippen molar-refractivity contribution < 1.29 is 19.4 Å². The van der Waals surface area contributed by atoms with Gasteiger partial charge in [-0.2, -0.15) is 0 Å². The molecule has 2 rings (SSSR count). The fraction of sp³-hybridized carbons (Fsp3) is 0.765. The van der Waals surface area contributed by atoms with E-state index < -0.39 is 17.5 Å². The molecular weight excluding hydrogens is 268 g/mol. The molecule has 0 aromatic carbocycles. The van der Waals surface area contributed by atoms with Crippen molar-refractivity contribution in [2.75, 3.05) is 0 Å². The van der Waals surface area contributed by atoms with Crippen molar-refractivity contribution in [3.8, 4) is 0 Å². The lowest BCUT2D eigenvalue weighted by molar-refractivity contribution is -0.150. The standard InChI is InChI=1S/C17H26O4/c1-17-11-9-7-5-3-2-4-6-8-10-13(17)14(12-15(18)19)21-16(17)20/h10,14H,2-9,11-12H2,1H3,(H,18,19)/b13-10-. The number of rotatable bonds is 2. The monoisotopic (exact) mass is 294 g/mol. The van der Waals surface area contributed by atoms with Crippen molar-refractivity contribution in [1.29, 1.82) is 0 Å². The molecule has 1 aliphatic heterocycles. The smallest absolute Gasteiger partial charge is 0.316 e. The van der Waals surface area contributed by atoms with E-state index in [1.165, 1.54) is 25.7 Å². The highest BCUT2D eigenvalue weighted by molar-refractivity contribution is 5.85. The Kier molecular flexibility index (Phi) is 5.43. The third kappa shape index (κ3) is 3.86. The normalized spacial score (nSPS) is 33.9. The summed E-state index contributed by atoms with van der Waals surface area (Å²) in [6.07, 6.45) is 11.3. The van der Waals surface area contributed by atoms with E-state index in [0.29, 0.717) is 0 Å². The number of aliphatic carboxylic acids is 1. The Bertz CT molecular complexity index is 427. The maximum Gasteiger partial charge on any atom is 0.316 e. The summed E-state index contributed by atoms with van der Waals surface area (Å²) in [6.45, 7) is 1.93. The van der Waals surface area contributed by atoms with Crippen LogP contribution in [0.3, 0.4) is 0 Å². The van der Waals surface area contributed by atoms with Crippen LogP contribution < -0.4 is 0 Å². The van der Waals surface area contributed by atoms with Crippen LogP contribution in [0.1, 0.15) is 71.1 Å². The zero-order chi connectivity index (χ0) is 15.3. The number of carboxylic acid groups (broad SMARTS) is 1. The zero-order valence-corrected chi connectivity index (χ0v) is 12.9. The average Bonchev–Trinajstić information content (AvgIpc) is 2.62. The van der Waals surface area contributed by atoms with Crippen LogP contribution in [0.4, 0.5) is 0 Å². The van der Waals surface area contributed by atoms with Crippen LogP contribution in [-0.2, 0) is 14.3 Å². The van der Waals surface area contributed by atoms with Gasteiger partial charge in [0.25, 0.3) is 0 Å². The Balaban J connectivity index is 2.20. The second kappa shape index (κ2) is 7.10. The van der Waals surface area contributed by atoms with Crippen molar-refractivity contribution in [3.63, 3.8) is 0 Å². The van der Waals surface area contributed by atoms with Crippen molar-refractivity contribution in [1.82, 2.24) is 0 Å². The predicted octanol–water partition coefficient (Wildman–Crippen LogP) is 3.84. The molecule has 0 bridgehead atoms. The van der Waals surface area contributed by atoms with E-state index in [0.717, 1.165) is 37.7 Å². The molecule has 0 aromatic rings. The first kappa shape index (κ1) is 16.1. The molecule has 4 heteroatoms. The molecule has 1 heterocycles. The summed E-state index contributed by atoms with van der Waals surface area (Å²) < 4.78 is 5.39. The molecule has 1 N–H and O–H groups in total. The Morgan fingerprint density at radius 3 is 2.52 bits per heavy atom. The van der Waals surface area contributed by atoms with Crippen LogP contribution in [0.5, 0.6) is 0 Å². The third-order valence-corrected chi connectivity index (χ3v) is 4.79. The number of ether oxygens (including phenoxy) is 1. The maximum absolute atomic E-state index is 12.3. The number of cyclic esters (lactones) is 1. The summed E-state index contributed by atoms with van der Waals surface area (Å²) in [6, 6.07) is 0. The molecule has 118 valence electrons. The van der Waals surface area contributed by atoms with Crippen LogP contribution in [0.2, 0.25) is 0 Å².